The van der Waals surface area contributed by atoms with Crippen LogP contribution in [-0.4, -0.2) is 42.8 Å². The number of hydrogen-bond donors (Lipinski definition) is 3. The quantitative estimate of drug-likeness (QED) is 0.389. The molecule has 0 bridgehead atoms. The second-order valence-corrected chi connectivity index (χ2v) is 6.89. The zero-order valence-corrected chi connectivity index (χ0v) is 16.0. The van der Waals surface area contributed by atoms with Crippen molar-refractivity contribution < 1.29 is 19.1 Å². The molecule has 26 heavy (non-hydrogen) atoms. The van der Waals surface area contributed by atoms with Gasteiger partial charge in [-0.2, -0.15) is 0 Å². The van der Waals surface area contributed by atoms with Gasteiger partial charge in [-0.3, -0.25) is 4.79 Å². The highest BCUT2D eigenvalue weighted by atomic mass is 16.5. The first kappa shape index (κ1) is 20.3. The predicted octanol–water partition coefficient (Wildman–Crippen LogP) is 2.16. The molecule has 0 radical (unpaired) electrons. The maximum absolute atomic E-state index is 11.8. The summed E-state index contributed by atoms with van der Waals surface area (Å²) in [5, 5.41) is 17.2. The second kappa shape index (κ2) is 9.62. The van der Waals surface area contributed by atoms with Gasteiger partial charge in [-0.15, -0.1) is 0 Å². The third-order valence-corrected chi connectivity index (χ3v) is 4.63. The van der Waals surface area contributed by atoms with Crippen molar-refractivity contribution in [3.8, 4) is 0 Å². The summed E-state index contributed by atoms with van der Waals surface area (Å²) in [6.45, 7) is 6.87. The van der Waals surface area contributed by atoms with Gasteiger partial charge >= 0.3 is 5.97 Å². The van der Waals surface area contributed by atoms with Crippen LogP contribution in [0.1, 0.15) is 52.2 Å². The number of hydrogen-bond acceptors (Lipinski definition) is 5. The smallest absolute Gasteiger partial charge is 0.308 e. The largest absolute Gasteiger partial charge is 0.466 e. The van der Waals surface area contributed by atoms with Crippen LogP contribution in [0.2, 0.25) is 0 Å². The first-order valence-electron chi connectivity index (χ1n) is 9.44. The Bertz CT molecular complexity index is 576. The lowest BCUT2D eigenvalue weighted by molar-refractivity contribution is -0.149. The minimum atomic E-state index is -1.16. The minimum Gasteiger partial charge on any atom is -0.466 e. The molecule has 1 aromatic rings. The molecule has 1 fully saturated rings. The summed E-state index contributed by atoms with van der Waals surface area (Å²) in [5.41, 5.74) is -1.16. The summed E-state index contributed by atoms with van der Waals surface area (Å²) < 4.78 is 10.4. The number of furan rings is 1. The Morgan fingerprint density at radius 3 is 2.69 bits per heavy atom. The van der Waals surface area contributed by atoms with Gasteiger partial charge in [-0.1, -0.05) is 0 Å². The van der Waals surface area contributed by atoms with E-state index in [9.17, 15) is 9.90 Å². The Morgan fingerprint density at radius 2 is 2.12 bits per heavy atom. The first-order chi connectivity index (χ1) is 12.5. The molecule has 0 aromatic carbocycles. The maximum atomic E-state index is 11.8. The fourth-order valence-electron chi connectivity index (χ4n) is 3.14. The van der Waals surface area contributed by atoms with Crippen molar-refractivity contribution in [3.63, 3.8) is 0 Å². The number of esters is 1. The van der Waals surface area contributed by atoms with Crippen molar-refractivity contribution >= 4 is 11.9 Å². The highest BCUT2D eigenvalue weighted by Gasteiger charge is 2.29. The van der Waals surface area contributed by atoms with Crippen LogP contribution in [0.25, 0.3) is 0 Å². The number of aliphatic hydroxyl groups is 1. The SMILES string of the molecule is CCNC(=NCC(C)(O)c1ccco1)NC1CCC(C(=O)OCC)CC1. The molecule has 0 amide bonds. The summed E-state index contributed by atoms with van der Waals surface area (Å²) in [6, 6.07) is 3.75. The Morgan fingerprint density at radius 1 is 1.38 bits per heavy atom. The highest BCUT2D eigenvalue weighted by Crippen LogP contribution is 2.25. The van der Waals surface area contributed by atoms with Gasteiger partial charge in [0.15, 0.2) is 5.96 Å². The van der Waals surface area contributed by atoms with E-state index in [1.165, 1.54) is 0 Å². The van der Waals surface area contributed by atoms with Crippen LogP contribution in [0.4, 0.5) is 0 Å². The van der Waals surface area contributed by atoms with Crippen molar-refractivity contribution in [2.24, 2.45) is 10.9 Å². The molecule has 7 nitrogen and oxygen atoms in total. The highest BCUT2D eigenvalue weighted by molar-refractivity contribution is 5.80. The van der Waals surface area contributed by atoms with E-state index in [0.717, 1.165) is 32.2 Å². The summed E-state index contributed by atoms with van der Waals surface area (Å²) in [5.74, 6) is 1.08. The number of nitrogens with zero attached hydrogens (tertiary/aromatic N) is 1. The van der Waals surface area contributed by atoms with E-state index in [4.69, 9.17) is 9.15 Å². The van der Waals surface area contributed by atoms with E-state index in [1.807, 2.05) is 13.8 Å². The molecule has 0 saturated heterocycles. The van der Waals surface area contributed by atoms with Crippen LogP contribution in [0.15, 0.2) is 27.8 Å². The zero-order chi connectivity index (χ0) is 19.0. The normalized spacial score (nSPS) is 23.2. The molecular formula is C19H31N3O4. The molecule has 7 heteroatoms. The summed E-state index contributed by atoms with van der Waals surface area (Å²) >= 11 is 0. The van der Waals surface area contributed by atoms with Crippen LogP contribution in [-0.2, 0) is 15.1 Å². The third-order valence-electron chi connectivity index (χ3n) is 4.63. The molecule has 0 spiro atoms. The van der Waals surface area contributed by atoms with Gasteiger partial charge in [0.05, 0.1) is 25.3 Å². The van der Waals surface area contributed by atoms with Crippen molar-refractivity contribution in [3.05, 3.63) is 24.2 Å². The molecule has 0 aliphatic heterocycles. The average molecular weight is 365 g/mol. The van der Waals surface area contributed by atoms with E-state index in [-0.39, 0.29) is 24.5 Å². The molecule has 1 unspecified atom stereocenters. The number of ether oxygens (including phenoxy) is 1. The molecule has 1 atom stereocenters. The molecule has 2 rings (SSSR count). The molecule has 1 heterocycles. The van der Waals surface area contributed by atoms with Crippen LogP contribution in [0.5, 0.6) is 0 Å². The Labute approximate surface area is 155 Å². The van der Waals surface area contributed by atoms with Gasteiger partial charge in [0, 0.05) is 12.6 Å². The van der Waals surface area contributed by atoms with Gasteiger partial charge in [0.2, 0.25) is 0 Å². The Hall–Kier alpha value is -2.02. The fraction of sp³-hybridized carbons (Fsp3) is 0.684. The summed E-state index contributed by atoms with van der Waals surface area (Å²) in [7, 11) is 0. The zero-order valence-electron chi connectivity index (χ0n) is 16.0. The number of guanidine groups is 1. The molecule has 1 aliphatic rings. The standard InChI is InChI=1S/C19H31N3O4/c1-4-20-18(21-13-19(3,24)16-7-6-12-26-16)22-15-10-8-14(9-11-15)17(23)25-5-2/h6-7,12,14-15,24H,4-5,8-11,13H2,1-3H3,(H2,20,21,22). The van der Waals surface area contributed by atoms with Crippen molar-refractivity contribution in [1.82, 2.24) is 10.6 Å². The van der Waals surface area contributed by atoms with E-state index >= 15 is 0 Å². The van der Waals surface area contributed by atoms with E-state index in [2.05, 4.69) is 15.6 Å². The van der Waals surface area contributed by atoms with Crippen molar-refractivity contribution in [2.45, 2.75) is 58.1 Å². The fourth-order valence-corrected chi connectivity index (χ4v) is 3.14. The van der Waals surface area contributed by atoms with E-state index in [1.54, 1.807) is 25.3 Å². The number of carbonyl (C=O) groups excluding carboxylic acids is 1. The average Bonchev–Trinajstić information content (AvgIpc) is 3.16. The lowest BCUT2D eigenvalue weighted by atomic mass is 9.86. The summed E-state index contributed by atoms with van der Waals surface area (Å²) in [6.07, 6.45) is 4.96. The number of rotatable bonds is 7. The predicted molar refractivity (Wildman–Crippen MR) is 99.8 cm³/mol. The van der Waals surface area contributed by atoms with Gasteiger partial charge in [-0.25, -0.2) is 4.99 Å². The molecule has 1 aliphatic carbocycles. The van der Waals surface area contributed by atoms with Gasteiger partial charge in [-0.05, 0) is 58.6 Å². The van der Waals surface area contributed by atoms with Crippen LogP contribution in [0.3, 0.4) is 0 Å². The maximum Gasteiger partial charge on any atom is 0.308 e. The van der Waals surface area contributed by atoms with Crippen LogP contribution < -0.4 is 10.6 Å². The van der Waals surface area contributed by atoms with Crippen molar-refractivity contribution in [1.29, 1.82) is 0 Å². The molecule has 3 N–H and O–H groups in total. The lowest BCUT2D eigenvalue weighted by Crippen LogP contribution is -2.46. The van der Waals surface area contributed by atoms with Crippen LogP contribution in [0, 0.1) is 5.92 Å². The topological polar surface area (TPSA) is 96.1 Å². The third kappa shape index (κ3) is 5.76. The minimum absolute atomic E-state index is 0.00667. The van der Waals surface area contributed by atoms with Crippen molar-refractivity contribution in [2.75, 3.05) is 19.7 Å². The lowest BCUT2D eigenvalue weighted by Gasteiger charge is -2.29. The second-order valence-electron chi connectivity index (χ2n) is 6.89. The van der Waals surface area contributed by atoms with E-state index in [0.29, 0.717) is 18.3 Å². The summed E-state index contributed by atoms with van der Waals surface area (Å²) in [4.78, 5) is 16.4. The Balaban J connectivity index is 1.89. The molecular weight excluding hydrogens is 334 g/mol. The van der Waals surface area contributed by atoms with Gasteiger partial charge < -0.3 is 24.9 Å². The van der Waals surface area contributed by atoms with Crippen LogP contribution >= 0.6 is 0 Å². The number of aliphatic imine (C=N–C) groups is 1. The monoisotopic (exact) mass is 365 g/mol. The van der Waals surface area contributed by atoms with E-state index < -0.39 is 5.60 Å². The molecule has 1 aromatic heterocycles. The first-order valence-corrected chi connectivity index (χ1v) is 9.44. The number of nitrogens with one attached hydrogen (secondary N) is 2. The molecule has 1 saturated carbocycles. The number of carbonyl (C=O) groups is 1. The Kier molecular flexibility index (Phi) is 7.50. The van der Waals surface area contributed by atoms with Gasteiger partial charge in [0.25, 0.3) is 0 Å². The molecule has 146 valence electrons. The van der Waals surface area contributed by atoms with Gasteiger partial charge in [0.1, 0.15) is 11.4 Å².